The van der Waals surface area contributed by atoms with Crippen LogP contribution < -0.4 is 0 Å². The lowest BCUT2D eigenvalue weighted by Crippen LogP contribution is -2.00. The molecule has 0 N–H and O–H groups in total. The fraction of sp³-hybridized carbons (Fsp3) is 0.357. The van der Waals surface area contributed by atoms with Crippen molar-refractivity contribution in [3.63, 3.8) is 0 Å². The lowest BCUT2D eigenvalue weighted by molar-refractivity contribution is 0.0993. The summed E-state index contributed by atoms with van der Waals surface area (Å²) in [4.78, 5) is 11.8. The molecular weight excluding hydrogens is 184 g/mol. The van der Waals surface area contributed by atoms with Gasteiger partial charge < -0.3 is 0 Å². The van der Waals surface area contributed by atoms with E-state index < -0.39 is 0 Å². The second-order valence-electron chi connectivity index (χ2n) is 4.39. The van der Waals surface area contributed by atoms with Gasteiger partial charge in [-0.1, -0.05) is 24.3 Å². The summed E-state index contributed by atoms with van der Waals surface area (Å²) in [6.07, 6.45) is 4.00. The highest BCUT2D eigenvalue weighted by atomic mass is 16.1. The minimum Gasteiger partial charge on any atom is -0.294 e. The number of rotatable bonds is 3. The third-order valence-electron chi connectivity index (χ3n) is 2.88. The molecule has 15 heavy (non-hydrogen) atoms. The monoisotopic (exact) mass is 200 g/mol. The van der Waals surface area contributed by atoms with Crippen molar-refractivity contribution in [3.05, 3.63) is 47.0 Å². The first-order valence-electron chi connectivity index (χ1n) is 5.46. The van der Waals surface area contributed by atoms with E-state index in [0.29, 0.717) is 6.42 Å². The molecule has 0 bridgehead atoms. The Hall–Kier alpha value is -1.37. The van der Waals surface area contributed by atoms with E-state index in [4.69, 9.17) is 0 Å². The normalized spacial score (nSPS) is 13.7. The zero-order valence-electron chi connectivity index (χ0n) is 9.18. The Bertz CT molecular complexity index is 415. The molecule has 0 radical (unpaired) electrons. The van der Waals surface area contributed by atoms with E-state index in [1.807, 2.05) is 13.0 Å². The Labute approximate surface area is 90.8 Å². The highest BCUT2D eigenvalue weighted by Gasteiger charge is 2.13. The highest BCUT2D eigenvalue weighted by molar-refractivity contribution is 5.97. The number of carbonyl (C=O) groups is 1. The minimum absolute atomic E-state index is 0.192. The third-order valence-corrected chi connectivity index (χ3v) is 2.88. The molecule has 1 nitrogen and oxygen atoms in total. The van der Waals surface area contributed by atoms with Crippen LogP contribution in [0, 0.1) is 0 Å². The van der Waals surface area contributed by atoms with Gasteiger partial charge in [0.25, 0.3) is 0 Å². The van der Waals surface area contributed by atoms with Crippen LogP contribution in [-0.2, 0) is 12.8 Å². The predicted molar refractivity (Wildman–Crippen MR) is 62.2 cm³/mol. The number of fused-ring (bicyclic) bond motifs is 1. The summed E-state index contributed by atoms with van der Waals surface area (Å²) in [6, 6.07) is 6.12. The van der Waals surface area contributed by atoms with Crippen molar-refractivity contribution in [2.75, 3.05) is 0 Å². The summed E-state index contributed by atoms with van der Waals surface area (Å²) in [5.41, 5.74) is 4.56. The van der Waals surface area contributed by atoms with Crippen molar-refractivity contribution in [3.8, 4) is 0 Å². The quantitative estimate of drug-likeness (QED) is 0.540. The van der Waals surface area contributed by atoms with E-state index in [9.17, 15) is 4.79 Å². The summed E-state index contributed by atoms with van der Waals surface area (Å²) in [5.74, 6) is 0.192. The number of Topliss-reactive ketones (excluding diaryl/α,β-unsaturated/α-hetero) is 1. The van der Waals surface area contributed by atoms with Crippen molar-refractivity contribution in [1.29, 1.82) is 0 Å². The van der Waals surface area contributed by atoms with E-state index in [-0.39, 0.29) is 5.78 Å². The van der Waals surface area contributed by atoms with Crippen LogP contribution in [0.2, 0.25) is 0 Å². The Balaban J connectivity index is 2.23. The number of aryl methyl sites for hydroxylation is 2. The molecular formula is C14H16O. The Morgan fingerprint density at radius 2 is 2.07 bits per heavy atom. The summed E-state index contributed by atoms with van der Waals surface area (Å²) < 4.78 is 0. The van der Waals surface area contributed by atoms with Crippen molar-refractivity contribution < 1.29 is 4.79 Å². The van der Waals surface area contributed by atoms with E-state index in [0.717, 1.165) is 17.6 Å². The maximum absolute atomic E-state index is 11.8. The number of benzene rings is 1. The number of hydrogen-bond acceptors (Lipinski definition) is 1. The maximum Gasteiger partial charge on any atom is 0.166 e. The van der Waals surface area contributed by atoms with Crippen LogP contribution in [0.3, 0.4) is 0 Å². The van der Waals surface area contributed by atoms with Gasteiger partial charge in [0.15, 0.2) is 5.78 Å². The first kappa shape index (κ1) is 10.2. The molecule has 1 aromatic carbocycles. The van der Waals surface area contributed by atoms with E-state index in [1.54, 1.807) is 0 Å². The Morgan fingerprint density at radius 1 is 1.33 bits per heavy atom. The smallest absolute Gasteiger partial charge is 0.166 e. The van der Waals surface area contributed by atoms with Gasteiger partial charge in [0.05, 0.1) is 0 Å². The van der Waals surface area contributed by atoms with Gasteiger partial charge >= 0.3 is 0 Å². The van der Waals surface area contributed by atoms with Crippen LogP contribution in [0.15, 0.2) is 30.4 Å². The molecule has 0 spiro atoms. The molecule has 0 aromatic heterocycles. The molecule has 0 saturated carbocycles. The average Bonchev–Trinajstić information content (AvgIpc) is 2.62. The summed E-state index contributed by atoms with van der Waals surface area (Å²) >= 11 is 0. The first-order valence-corrected chi connectivity index (χ1v) is 5.46. The molecule has 0 heterocycles. The zero-order valence-corrected chi connectivity index (χ0v) is 9.18. The van der Waals surface area contributed by atoms with Gasteiger partial charge in [-0.3, -0.25) is 4.79 Å². The van der Waals surface area contributed by atoms with Crippen LogP contribution in [0.1, 0.15) is 41.3 Å². The van der Waals surface area contributed by atoms with Crippen LogP contribution in [0.5, 0.6) is 0 Å². The van der Waals surface area contributed by atoms with E-state index in [1.165, 1.54) is 24.0 Å². The lowest BCUT2D eigenvalue weighted by Gasteiger charge is -2.04. The number of allylic oxidation sites excluding steroid dienone is 1. The number of ketones is 1. The van der Waals surface area contributed by atoms with Gasteiger partial charge in [-0.05, 0) is 43.4 Å². The summed E-state index contributed by atoms with van der Waals surface area (Å²) in [5, 5.41) is 0. The van der Waals surface area contributed by atoms with Crippen molar-refractivity contribution in [2.45, 2.75) is 32.6 Å². The number of carbonyl (C=O) groups excluding carboxylic acids is 1. The highest BCUT2D eigenvalue weighted by Crippen LogP contribution is 2.23. The van der Waals surface area contributed by atoms with Gasteiger partial charge in [-0.15, -0.1) is 0 Å². The minimum atomic E-state index is 0.192. The second kappa shape index (κ2) is 4.01. The van der Waals surface area contributed by atoms with Crippen molar-refractivity contribution in [2.24, 2.45) is 0 Å². The van der Waals surface area contributed by atoms with E-state index >= 15 is 0 Å². The molecule has 1 aliphatic carbocycles. The predicted octanol–water partition coefficient (Wildman–Crippen LogP) is 3.32. The van der Waals surface area contributed by atoms with Crippen LogP contribution >= 0.6 is 0 Å². The molecule has 0 saturated heterocycles. The molecule has 0 aliphatic heterocycles. The van der Waals surface area contributed by atoms with Crippen LogP contribution in [0.25, 0.3) is 0 Å². The van der Waals surface area contributed by atoms with Crippen molar-refractivity contribution in [1.82, 2.24) is 0 Å². The SMILES string of the molecule is C=C(C)CC(=O)c1ccc2c(c1)CCC2. The fourth-order valence-corrected chi connectivity index (χ4v) is 2.12. The molecule has 2 rings (SSSR count). The first-order chi connectivity index (χ1) is 7.16. The zero-order chi connectivity index (χ0) is 10.8. The molecule has 78 valence electrons. The van der Waals surface area contributed by atoms with Gasteiger partial charge in [0.1, 0.15) is 0 Å². The molecule has 1 heteroatoms. The maximum atomic E-state index is 11.8. The molecule has 0 unspecified atom stereocenters. The molecule has 0 atom stereocenters. The summed E-state index contributed by atoms with van der Waals surface area (Å²) in [6.45, 7) is 5.67. The second-order valence-corrected chi connectivity index (χ2v) is 4.39. The summed E-state index contributed by atoms with van der Waals surface area (Å²) in [7, 11) is 0. The van der Waals surface area contributed by atoms with Gasteiger partial charge in [-0.25, -0.2) is 0 Å². The molecule has 0 amide bonds. The van der Waals surface area contributed by atoms with Gasteiger partial charge in [0.2, 0.25) is 0 Å². The van der Waals surface area contributed by atoms with Gasteiger partial charge in [0, 0.05) is 12.0 Å². The fourth-order valence-electron chi connectivity index (χ4n) is 2.12. The third kappa shape index (κ3) is 2.17. The van der Waals surface area contributed by atoms with E-state index in [2.05, 4.69) is 18.7 Å². The lowest BCUT2D eigenvalue weighted by atomic mass is 10.0. The van der Waals surface area contributed by atoms with Crippen molar-refractivity contribution >= 4 is 5.78 Å². The molecule has 0 fully saturated rings. The standard InChI is InChI=1S/C14H16O/c1-10(2)8-14(15)13-7-6-11-4-3-5-12(11)9-13/h6-7,9H,1,3-5,8H2,2H3. The Kier molecular flexibility index (Phi) is 2.72. The Morgan fingerprint density at radius 3 is 2.80 bits per heavy atom. The van der Waals surface area contributed by atoms with Crippen LogP contribution in [0.4, 0.5) is 0 Å². The van der Waals surface area contributed by atoms with Gasteiger partial charge in [-0.2, -0.15) is 0 Å². The largest absolute Gasteiger partial charge is 0.294 e. The van der Waals surface area contributed by atoms with Crippen LogP contribution in [-0.4, -0.2) is 5.78 Å². The average molecular weight is 200 g/mol. The number of hydrogen-bond donors (Lipinski definition) is 0. The molecule has 1 aliphatic rings. The topological polar surface area (TPSA) is 17.1 Å². The molecule has 1 aromatic rings.